The zero-order valence-corrected chi connectivity index (χ0v) is 20.3. The molecule has 1 aliphatic carbocycles. The van der Waals surface area contributed by atoms with Crippen molar-refractivity contribution in [1.82, 2.24) is 5.32 Å². The van der Waals surface area contributed by atoms with Crippen LogP contribution in [-0.2, 0) is 14.3 Å². The van der Waals surface area contributed by atoms with Crippen molar-refractivity contribution < 1.29 is 23.8 Å². The number of dihydropyridines is 1. The van der Waals surface area contributed by atoms with E-state index in [2.05, 4.69) is 17.4 Å². The Hall–Kier alpha value is -3.54. The summed E-state index contributed by atoms with van der Waals surface area (Å²) in [4.78, 5) is 26.9. The normalized spacial score (nSPS) is 20.1. The van der Waals surface area contributed by atoms with E-state index in [0.29, 0.717) is 41.2 Å². The van der Waals surface area contributed by atoms with Crippen LogP contribution in [-0.4, -0.2) is 32.1 Å². The molecule has 178 valence electrons. The van der Waals surface area contributed by atoms with Gasteiger partial charge >= 0.3 is 5.97 Å². The Labute approximate surface area is 200 Å². The third-order valence-corrected chi connectivity index (χ3v) is 6.40. The van der Waals surface area contributed by atoms with Gasteiger partial charge in [-0.3, -0.25) is 4.79 Å². The summed E-state index contributed by atoms with van der Waals surface area (Å²) >= 11 is 0. The van der Waals surface area contributed by atoms with Crippen molar-refractivity contribution in [3.05, 3.63) is 82.2 Å². The Morgan fingerprint density at radius 2 is 1.68 bits per heavy atom. The Bertz CT molecular complexity index is 1160. The predicted octanol–water partition coefficient (Wildman–Crippen LogP) is 5.02. The quantitative estimate of drug-likeness (QED) is 0.609. The molecule has 1 aliphatic heterocycles. The first kappa shape index (κ1) is 23.6. The topological polar surface area (TPSA) is 73.9 Å². The number of carbonyl (C=O) groups excluding carboxylic acids is 2. The van der Waals surface area contributed by atoms with Crippen molar-refractivity contribution in [3.8, 4) is 11.5 Å². The number of hydrogen-bond acceptors (Lipinski definition) is 6. The Balaban J connectivity index is 1.83. The second-order valence-corrected chi connectivity index (χ2v) is 9.00. The van der Waals surface area contributed by atoms with Crippen LogP contribution in [0.15, 0.2) is 71.1 Å². The smallest absolute Gasteiger partial charge is 0.337 e. The molecule has 2 aromatic carbocycles. The van der Waals surface area contributed by atoms with Crippen molar-refractivity contribution in [2.24, 2.45) is 0 Å². The standard InChI is InChI=1S/C28H31NO5/c1-16(2)34-28(31)25-17(3)29-21-13-20(18-9-7-6-8-10-18)14-22(30)27(21)26(25)19-11-12-23(32-4)24(15-19)33-5/h6-12,15-16,20,26,29H,13-14H2,1-5H3/t20-,26-/m1/s1. The van der Waals surface area contributed by atoms with E-state index in [0.717, 1.165) is 16.8 Å². The monoisotopic (exact) mass is 461 g/mol. The number of Topliss-reactive ketones (excluding diaryl/α,β-unsaturated/α-hetero) is 1. The zero-order chi connectivity index (χ0) is 24.4. The van der Waals surface area contributed by atoms with Crippen LogP contribution in [0, 0.1) is 0 Å². The number of ketones is 1. The molecule has 2 aromatic rings. The number of benzene rings is 2. The van der Waals surface area contributed by atoms with E-state index in [1.54, 1.807) is 20.3 Å². The van der Waals surface area contributed by atoms with Gasteiger partial charge in [-0.05, 0) is 56.4 Å². The minimum atomic E-state index is -0.550. The van der Waals surface area contributed by atoms with Gasteiger partial charge in [0.05, 0.1) is 25.9 Å². The van der Waals surface area contributed by atoms with E-state index in [1.165, 1.54) is 0 Å². The molecule has 1 N–H and O–H groups in total. The van der Waals surface area contributed by atoms with E-state index < -0.39 is 11.9 Å². The maximum Gasteiger partial charge on any atom is 0.337 e. The average Bonchev–Trinajstić information content (AvgIpc) is 2.82. The van der Waals surface area contributed by atoms with Gasteiger partial charge in [0.1, 0.15) is 0 Å². The minimum Gasteiger partial charge on any atom is -0.493 e. The molecule has 0 spiro atoms. The van der Waals surface area contributed by atoms with E-state index in [9.17, 15) is 9.59 Å². The lowest BCUT2D eigenvalue weighted by Crippen LogP contribution is -2.36. The van der Waals surface area contributed by atoms with Gasteiger partial charge in [-0.25, -0.2) is 4.79 Å². The summed E-state index contributed by atoms with van der Waals surface area (Å²) in [6.45, 7) is 5.50. The third kappa shape index (κ3) is 4.45. The molecule has 2 aliphatic rings. The molecule has 0 fully saturated rings. The molecule has 0 saturated heterocycles. The summed E-state index contributed by atoms with van der Waals surface area (Å²) in [7, 11) is 3.15. The minimum absolute atomic E-state index is 0.0322. The van der Waals surface area contributed by atoms with Crippen LogP contribution in [0.25, 0.3) is 0 Å². The SMILES string of the molecule is COc1ccc([C@@H]2C(C(=O)OC(C)C)=C(C)NC3=C2C(=O)C[C@H](c2ccccc2)C3)cc1OC. The molecule has 1 heterocycles. The summed E-state index contributed by atoms with van der Waals surface area (Å²) in [5.41, 5.74) is 4.56. The second-order valence-electron chi connectivity index (χ2n) is 9.00. The van der Waals surface area contributed by atoms with E-state index in [-0.39, 0.29) is 17.8 Å². The van der Waals surface area contributed by atoms with Gasteiger partial charge in [0, 0.05) is 29.3 Å². The van der Waals surface area contributed by atoms with Gasteiger partial charge in [0.25, 0.3) is 0 Å². The number of allylic oxidation sites excluding steroid dienone is 3. The molecule has 4 rings (SSSR count). The van der Waals surface area contributed by atoms with Crippen molar-refractivity contribution in [1.29, 1.82) is 0 Å². The van der Waals surface area contributed by atoms with Crippen LogP contribution < -0.4 is 14.8 Å². The van der Waals surface area contributed by atoms with Crippen LogP contribution in [0.5, 0.6) is 11.5 Å². The Morgan fingerprint density at radius 3 is 2.32 bits per heavy atom. The van der Waals surface area contributed by atoms with Crippen LogP contribution in [0.2, 0.25) is 0 Å². The number of ether oxygens (including phenoxy) is 3. The highest BCUT2D eigenvalue weighted by atomic mass is 16.5. The summed E-state index contributed by atoms with van der Waals surface area (Å²) in [5, 5.41) is 3.39. The third-order valence-electron chi connectivity index (χ3n) is 6.40. The molecule has 0 unspecified atom stereocenters. The van der Waals surface area contributed by atoms with Crippen molar-refractivity contribution >= 4 is 11.8 Å². The molecular weight excluding hydrogens is 430 g/mol. The van der Waals surface area contributed by atoms with Gasteiger partial charge in [-0.15, -0.1) is 0 Å². The molecule has 2 atom stereocenters. The van der Waals surface area contributed by atoms with Crippen molar-refractivity contribution in [2.75, 3.05) is 14.2 Å². The number of carbonyl (C=O) groups is 2. The summed E-state index contributed by atoms with van der Waals surface area (Å²) in [6, 6.07) is 15.6. The number of esters is 1. The fraction of sp³-hybridized carbons (Fsp3) is 0.357. The van der Waals surface area contributed by atoms with E-state index >= 15 is 0 Å². The molecule has 6 nitrogen and oxygen atoms in total. The lowest BCUT2D eigenvalue weighted by molar-refractivity contribution is -0.143. The zero-order valence-electron chi connectivity index (χ0n) is 20.3. The molecule has 34 heavy (non-hydrogen) atoms. The van der Waals surface area contributed by atoms with Crippen LogP contribution in [0.1, 0.15) is 56.6 Å². The maximum atomic E-state index is 13.6. The van der Waals surface area contributed by atoms with Crippen molar-refractivity contribution in [3.63, 3.8) is 0 Å². The predicted molar refractivity (Wildman–Crippen MR) is 130 cm³/mol. The molecule has 0 aromatic heterocycles. The van der Waals surface area contributed by atoms with Gasteiger partial charge in [0.15, 0.2) is 17.3 Å². The lowest BCUT2D eigenvalue weighted by Gasteiger charge is -2.37. The largest absolute Gasteiger partial charge is 0.493 e. The first-order valence-electron chi connectivity index (χ1n) is 11.6. The highest BCUT2D eigenvalue weighted by molar-refractivity contribution is 6.04. The summed E-state index contributed by atoms with van der Waals surface area (Å²) < 4.78 is 16.5. The maximum absolute atomic E-state index is 13.6. The summed E-state index contributed by atoms with van der Waals surface area (Å²) in [6.07, 6.45) is 0.803. The number of methoxy groups -OCH3 is 2. The average molecular weight is 462 g/mol. The highest BCUT2D eigenvalue weighted by Crippen LogP contribution is 2.47. The first-order valence-corrected chi connectivity index (χ1v) is 11.6. The fourth-order valence-electron chi connectivity index (χ4n) is 4.91. The van der Waals surface area contributed by atoms with Gasteiger partial charge < -0.3 is 19.5 Å². The molecule has 0 bridgehead atoms. The first-order chi connectivity index (χ1) is 16.3. The fourth-order valence-corrected chi connectivity index (χ4v) is 4.91. The van der Waals surface area contributed by atoms with Crippen LogP contribution in [0.4, 0.5) is 0 Å². The Morgan fingerprint density at radius 1 is 0.971 bits per heavy atom. The number of nitrogens with one attached hydrogen (secondary N) is 1. The molecular formula is C28H31NO5. The lowest BCUT2D eigenvalue weighted by atomic mass is 9.71. The molecule has 6 heteroatoms. The number of rotatable bonds is 6. The molecule has 0 saturated carbocycles. The summed E-state index contributed by atoms with van der Waals surface area (Å²) in [5.74, 6) is 0.268. The van der Waals surface area contributed by atoms with Gasteiger partial charge in [-0.2, -0.15) is 0 Å². The Kier molecular flexibility index (Phi) is 6.77. The second kappa shape index (κ2) is 9.75. The van der Waals surface area contributed by atoms with Crippen molar-refractivity contribution in [2.45, 2.75) is 51.6 Å². The number of hydrogen-bond donors (Lipinski definition) is 1. The molecule has 0 radical (unpaired) electrons. The molecule has 0 amide bonds. The van der Waals surface area contributed by atoms with Gasteiger partial charge in [0.2, 0.25) is 0 Å². The van der Waals surface area contributed by atoms with Crippen LogP contribution in [0.3, 0.4) is 0 Å². The van der Waals surface area contributed by atoms with E-state index in [1.807, 2.05) is 51.1 Å². The van der Waals surface area contributed by atoms with Crippen LogP contribution >= 0.6 is 0 Å². The highest BCUT2D eigenvalue weighted by Gasteiger charge is 2.41. The van der Waals surface area contributed by atoms with Gasteiger partial charge in [-0.1, -0.05) is 36.4 Å². The van der Waals surface area contributed by atoms with E-state index in [4.69, 9.17) is 14.2 Å².